The van der Waals surface area contributed by atoms with Crippen LogP contribution in [0, 0.1) is 0 Å². The molecule has 1 amide bonds. The van der Waals surface area contributed by atoms with E-state index in [1.54, 1.807) is 25.1 Å². The van der Waals surface area contributed by atoms with Crippen LogP contribution in [-0.2, 0) is 21.1 Å². The molecule has 1 heterocycles. The molecule has 8 heteroatoms. The number of benzene rings is 1. The number of pyridine rings is 1. The van der Waals surface area contributed by atoms with Crippen LogP contribution in [-0.4, -0.2) is 31.7 Å². The fourth-order valence-corrected chi connectivity index (χ4v) is 3.21. The summed E-state index contributed by atoms with van der Waals surface area (Å²) in [5.41, 5.74) is 1.17. The summed E-state index contributed by atoms with van der Waals surface area (Å²) in [6, 6.07) is 7.85. The minimum atomic E-state index is -3.24. The Morgan fingerprint density at radius 3 is 2.48 bits per heavy atom. The number of hydrogen-bond donors (Lipinski definition) is 1. The zero-order valence-electron chi connectivity index (χ0n) is 14.0. The van der Waals surface area contributed by atoms with Crippen LogP contribution in [0.15, 0.2) is 41.4 Å². The first-order chi connectivity index (χ1) is 11.9. The van der Waals surface area contributed by atoms with Crippen molar-refractivity contribution in [2.45, 2.75) is 25.2 Å². The number of amides is 1. The van der Waals surface area contributed by atoms with E-state index in [4.69, 9.17) is 16.3 Å². The lowest BCUT2D eigenvalue weighted by Crippen LogP contribution is -2.15. The van der Waals surface area contributed by atoms with Gasteiger partial charge in [0.25, 0.3) is 0 Å². The number of nitrogens with one attached hydrogen (secondary N) is 1. The van der Waals surface area contributed by atoms with Gasteiger partial charge in [0.2, 0.25) is 11.8 Å². The second-order valence-electron chi connectivity index (χ2n) is 5.22. The zero-order chi connectivity index (χ0) is 18.4. The lowest BCUT2D eigenvalue weighted by molar-refractivity contribution is -0.115. The summed E-state index contributed by atoms with van der Waals surface area (Å²) < 4.78 is 28.8. The number of carbonyl (C=O) groups excluding carboxylic acids is 1. The van der Waals surface area contributed by atoms with Crippen molar-refractivity contribution in [3.8, 4) is 5.88 Å². The van der Waals surface area contributed by atoms with Crippen molar-refractivity contribution < 1.29 is 17.9 Å². The van der Waals surface area contributed by atoms with Crippen molar-refractivity contribution in [1.29, 1.82) is 0 Å². The molecule has 1 N–H and O–H groups in total. The highest BCUT2D eigenvalue weighted by atomic mass is 35.5. The maximum Gasteiger partial charge on any atom is 0.232 e. The molecule has 0 fully saturated rings. The van der Waals surface area contributed by atoms with Crippen LogP contribution >= 0.6 is 11.6 Å². The molecule has 2 aromatic rings. The molecule has 1 aromatic carbocycles. The lowest BCUT2D eigenvalue weighted by Gasteiger charge is -2.08. The fourth-order valence-electron chi connectivity index (χ4n) is 2.11. The van der Waals surface area contributed by atoms with Gasteiger partial charge < -0.3 is 10.1 Å². The molecule has 1 aromatic heterocycles. The van der Waals surface area contributed by atoms with Gasteiger partial charge in [-0.05, 0) is 30.7 Å². The highest BCUT2D eigenvalue weighted by Crippen LogP contribution is 2.24. The third-order valence-corrected chi connectivity index (χ3v) is 5.42. The van der Waals surface area contributed by atoms with Crippen molar-refractivity contribution in [2.24, 2.45) is 0 Å². The second kappa shape index (κ2) is 8.31. The summed E-state index contributed by atoms with van der Waals surface area (Å²) in [5.74, 6) is 0.0984. The Morgan fingerprint density at radius 1 is 1.24 bits per heavy atom. The van der Waals surface area contributed by atoms with E-state index in [2.05, 4.69) is 10.3 Å². The molecule has 0 bridgehead atoms. The zero-order valence-corrected chi connectivity index (χ0v) is 15.5. The van der Waals surface area contributed by atoms with Crippen molar-refractivity contribution in [1.82, 2.24) is 4.98 Å². The summed E-state index contributed by atoms with van der Waals surface area (Å²) in [7, 11) is -3.24. The van der Waals surface area contributed by atoms with E-state index in [-0.39, 0.29) is 23.0 Å². The van der Waals surface area contributed by atoms with Crippen molar-refractivity contribution in [3.05, 3.63) is 47.1 Å². The monoisotopic (exact) mass is 382 g/mol. The predicted molar refractivity (Wildman–Crippen MR) is 96.9 cm³/mol. The van der Waals surface area contributed by atoms with Gasteiger partial charge in [0.1, 0.15) is 5.02 Å². The standard InChI is InChI=1S/C17H19ClN2O4S/c1-3-24-17-15(18)10-13(11-19-17)20-16(21)9-12-5-7-14(8-6-12)25(22,23)4-2/h5-8,10-11H,3-4,9H2,1-2H3,(H,20,21). The second-order valence-corrected chi connectivity index (χ2v) is 7.90. The van der Waals surface area contributed by atoms with E-state index in [9.17, 15) is 13.2 Å². The van der Waals surface area contributed by atoms with Crippen LogP contribution in [0.1, 0.15) is 19.4 Å². The quantitative estimate of drug-likeness (QED) is 0.795. The Labute approximate surface area is 152 Å². The number of anilines is 1. The average molecular weight is 383 g/mol. The summed E-state index contributed by atoms with van der Waals surface area (Å²) in [5, 5.41) is 3.01. The van der Waals surface area contributed by atoms with Gasteiger partial charge in [-0.3, -0.25) is 4.79 Å². The van der Waals surface area contributed by atoms with Crippen molar-refractivity contribution in [3.63, 3.8) is 0 Å². The number of ether oxygens (including phenoxy) is 1. The number of aromatic nitrogens is 1. The third kappa shape index (κ3) is 5.17. The largest absolute Gasteiger partial charge is 0.477 e. The van der Waals surface area contributed by atoms with Gasteiger partial charge in [0.05, 0.1) is 35.6 Å². The molecule has 0 unspecified atom stereocenters. The van der Waals surface area contributed by atoms with Gasteiger partial charge in [0.15, 0.2) is 9.84 Å². The summed E-state index contributed by atoms with van der Waals surface area (Å²) in [6.07, 6.45) is 1.57. The van der Waals surface area contributed by atoms with Crippen LogP contribution in [0.4, 0.5) is 5.69 Å². The van der Waals surface area contributed by atoms with Crippen molar-refractivity contribution in [2.75, 3.05) is 17.7 Å². The molecular formula is C17H19ClN2O4S. The molecule has 0 atom stereocenters. The van der Waals surface area contributed by atoms with Gasteiger partial charge in [0, 0.05) is 0 Å². The van der Waals surface area contributed by atoms with Crippen LogP contribution in [0.3, 0.4) is 0 Å². The number of rotatable bonds is 7. The van der Waals surface area contributed by atoms with E-state index in [1.807, 2.05) is 6.92 Å². The average Bonchev–Trinajstić information content (AvgIpc) is 2.58. The lowest BCUT2D eigenvalue weighted by atomic mass is 10.1. The molecule has 0 radical (unpaired) electrons. The van der Waals surface area contributed by atoms with E-state index in [0.29, 0.717) is 28.8 Å². The normalized spacial score (nSPS) is 11.2. The van der Waals surface area contributed by atoms with E-state index in [1.165, 1.54) is 18.3 Å². The number of carbonyl (C=O) groups is 1. The highest BCUT2D eigenvalue weighted by Gasteiger charge is 2.12. The first-order valence-corrected chi connectivity index (χ1v) is 9.78. The third-order valence-electron chi connectivity index (χ3n) is 3.40. The molecular weight excluding hydrogens is 364 g/mol. The summed E-state index contributed by atoms with van der Waals surface area (Å²) in [4.78, 5) is 16.4. The van der Waals surface area contributed by atoms with Crippen LogP contribution in [0.2, 0.25) is 5.02 Å². The molecule has 134 valence electrons. The number of nitrogens with zero attached hydrogens (tertiary/aromatic N) is 1. The van der Waals surface area contributed by atoms with Crippen LogP contribution in [0.5, 0.6) is 5.88 Å². The first-order valence-electron chi connectivity index (χ1n) is 7.75. The SMILES string of the molecule is CCOc1ncc(NC(=O)Cc2ccc(S(=O)(=O)CC)cc2)cc1Cl. The molecule has 0 aliphatic rings. The van der Waals surface area contributed by atoms with Crippen LogP contribution in [0.25, 0.3) is 0 Å². The molecule has 2 rings (SSSR count). The molecule has 0 aliphatic heterocycles. The maximum atomic E-state index is 12.1. The van der Waals surface area contributed by atoms with Crippen LogP contribution < -0.4 is 10.1 Å². The molecule has 0 spiro atoms. The predicted octanol–water partition coefficient (Wildman–Crippen LogP) is 3.11. The number of sulfone groups is 1. The number of halogens is 1. The van der Waals surface area contributed by atoms with Gasteiger partial charge >= 0.3 is 0 Å². The molecule has 0 saturated carbocycles. The minimum Gasteiger partial charge on any atom is -0.477 e. The maximum absolute atomic E-state index is 12.1. The summed E-state index contributed by atoms with van der Waals surface area (Å²) in [6.45, 7) is 3.86. The fraction of sp³-hybridized carbons (Fsp3) is 0.294. The van der Waals surface area contributed by atoms with E-state index in [0.717, 1.165) is 0 Å². The van der Waals surface area contributed by atoms with Crippen molar-refractivity contribution >= 4 is 33.0 Å². The molecule has 0 saturated heterocycles. The first kappa shape index (κ1) is 19.2. The Morgan fingerprint density at radius 2 is 1.92 bits per heavy atom. The highest BCUT2D eigenvalue weighted by molar-refractivity contribution is 7.91. The van der Waals surface area contributed by atoms with Gasteiger partial charge in [-0.15, -0.1) is 0 Å². The summed E-state index contributed by atoms with van der Waals surface area (Å²) >= 11 is 6.03. The van der Waals surface area contributed by atoms with Gasteiger partial charge in [-0.25, -0.2) is 13.4 Å². The smallest absolute Gasteiger partial charge is 0.232 e. The Bertz CT molecular complexity index is 851. The Kier molecular flexibility index (Phi) is 6.39. The Hall–Kier alpha value is -2.12. The minimum absolute atomic E-state index is 0.0400. The Balaban J connectivity index is 2.02. The van der Waals surface area contributed by atoms with Gasteiger partial charge in [-0.1, -0.05) is 30.7 Å². The van der Waals surface area contributed by atoms with E-state index < -0.39 is 9.84 Å². The molecule has 6 nitrogen and oxygen atoms in total. The number of hydrogen-bond acceptors (Lipinski definition) is 5. The molecule has 0 aliphatic carbocycles. The molecule has 25 heavy (non-hydrogen) atoms. The van der Waals surface area contributed by atoms with E-state index >= 15 is 0 Å². The topological polar surface area (TPSA) is 85.4 Å². The van der Waals surface area contributed by atoms with Gasteiger partial charge in [-0.2, -0.15) is 0 Å².